The van der Waals surface area contributed by atoms with Gasteiger partial charge in [0.1, 0.15) is 5.82 Å². The van der Waals surface area contributed by atoms with E-state index in [4.69, 9.17) is 0 Å². The van der Waals surface area contributed by atoms with Crippen LogP contribution in [-0.2, 0) is 9.84 Å². The van der Waals surface area contributed by atoms with Gasteiger partial charge in [-0.2, -0.15) is 0 Å². The molecular weight excluding hydrogens is 337 g/mol. The summed E-state index contributed by atoms with van der Waals surface area (Å²) in [7, 11) is -3.09. The topological polar surface area (TPSA) is 63.2 Å². The van der Waals surface area contributed by atoms with Crippen molar-refractivity contribution in [3.8, 4) is 0 Å². The van der Waals surface area contributed by atoms with Gasteiger partial charge in [-0.3, -0.25) is 4.79 Å². The number of sulfone groups is 1. The minimum atomic E-state index is -3.09. The third-order valence-corrected chi connectivity index (χ3v) is 5.29. The van der Waals surface area contributed by atoms with Gasteiger partial charge < -0.3 is 5.32 Å². The number of nitrogens with one attached hydrogen (secondary N) is 1. The third-order valence-electron chi connectivity index (χ3n) is 2.97. The Kier molecular flexibility index (Phi) is 4.25. The van der Waals surface area contributed by atoms with Gasteiger partial charge >= 0.3 is 0 Å². The Balaban J connectivity index is 2.09. The number of amides is 1. The molecule has 1 fully saturated rings. The van der Waals surface area contributed by atoms with Gasteiger partial charge in [-0.25, -0.2) is 12.8 Å². The van der Waals surface area contributed by atoms with Crippen molar-refractivity contribution >= 4 is 31.7 Å². The molecule has 1 aromatic rings. The van der Waals surface area contributed by atoms with Crippen LogP contribution in [0.25, 0.3) is 0 Å². The lowest BCUT2D eigenvalue weighted by atomic mass is 10.1. The zero-order chi connectivity index (χ0) is 14.0. The van der Waals surface area contributed by atoms with E-state index in [1.807, 2.05) is 0 Å². The predicted octanol–water partition coefficient (Wildman–Crippen LogP) is 1.90. The monoisotopic (exact) mass is 349 g/mol. The standard InChI is InChI=1S/C12H13BrFNO3S/c13-8-3-4-10(11(14)6-8)12(16)15-9-2-1-5-19(17,18)7-9/h3-4,6,9H,1-2,5,7H2,(H,15,16). The largest absolute Gasteiger partial charge is 0.348 e. The summed E-state index contributed by atoms with van der Waals surface area (Å²) < 4.78 is 37.1. The van der Waals surface area contributed by atoms with Crippen molar-refractivity contribution in [1.82, 2.24) is 5.32 Å². The van der Waals surface area contributed by atoms with Gasteiger partial charge in [0, 0.05) is 10.5 Å². The molecule has 7 heteroatoms. The van der Waals surface area contributed by atoms with Crippen LogP contribution in [0.1, 0.15) is 23.2 Å². The molecule has 1 N–H and O–H groups in total. The lowest BCUT2D eigenvalue weighted by Crippen LogP contribution is -2.43. The minimum absolute atomic E-state index is 0.0725. The molecule has 4 nitrogen and oxygen atoms in total. The molecular formula is C12H13BrFNO3S. The highest BCUT2D eigenvalue weighted by atomic mass is 79.9. The maximum atomic E-state index is 13.6. The van der Waals surface area contributed by atoms with Gasteiger partial charge in [-0.05, 0) is 31.0 Å². The van der Waals surface area contributed by atoms with Crippen LogP contribution in [0.15, 0.2) is 22.7 Å². The number of rotatable bonds is 2. The molecule has 1 unspecified atom stereocenters. The number of benzene rings is 1. The van der Waals surface area contributed by atoms with Crippen LogP contribution in [0.4, 0.5) is 4.39 Å². The second kappa shape index (κ2) is 5.58. The molecule has 104 valence electrons. The fourth-order valence-electron chi connectivity index (χ4n) is 2.07. The zero-order valence-electron chi connectivity index (χ0n) is 10.0. The molecule has 19 heavy (non-hydrogen) atoms. The normalized spacial score (nSPS) is 21.9. The number of hydrogen-bond acceptors (Lipinski definition) is 3. The highest BCUT2D eigenvalue weighted by Gasteiger charge is 2.26. The van der Waals surface area contributed by atoms with Gasteiger partial charge in [0.15, 0.2) is 9.84 Å². The molecule has 0 aromatic heterocycles. The van der Waals surface area contributed by atoms with E-state index in [0.29, 0.717) is 17.3 Å². The fourth-order valence-corrected chi connectivity index (χ4v) is 4.04. The molecule has 1 heterocycles. The molecule has 0 bridgehead atoms. The van der Waals surface area contributed by atoms with Crippen LogP contribution in [0, 0.1) is 5.82 Å². The SMILES string of the molecule is O=C(NC1CCCS(=O)(=O)C1)c1ccc(Br)cc1F. The van der Waals surface area contributed by atoms with Crippen LogP contribution in [-0.4, -0.2) is 31.9 Å². The van der Waals surface area contributed by atoms with Gasteiger partial charge in [0.2, 0.25) is 0 Å². The van der Waals surface area contributed by atoms with Crippen molar-refractivity contribution in [2.45, 2.75) is 18.9 Å². The summed E-state index contributed by atoms with van der Waals surface area (Å²) in [5, 5.41) is 2.58. The molecule has 1 amide bonds. The average molecular weight is 350 g/mol. The van der Waals surface area contributed by atoms with Crippen LogP contribution in [0.5, 0.6) is 0 Å². The van der Waals surface area contributed by atoms with E-state index < -0.39 is 27.6 Å². The van der Waals surface area contributed by atoms with Crippen LogP contribution in [0.2, 0.25) is 0 Å². The van der Waals surface area contributed by atoms with Crippen LogP contribution in [0.3, 0.4) is 0 Å². The Morgan fingerprint density at radius 3 is 2.79 bits per heavy atom. The number of halogens is 2. The first kappa shape index (κ1) is 14.5. The third kappa shape index (κ3) is 3.76. The van der Waals surface area contributed by atoms with Crippen molar-refractivity contribution in [3.63, 3.8) is 0 Å². The molecule has 1 saturated heterocycles. The van der Waals surface area contributed by atoms with Crippen LogP contribution >= 0.6 is 15.9 Å². The molecule has 0 radical (unpaired) electrons. The lowest BCUT2D eigenvalue weighted by molar-refractivity contribution is 0.0934. The highest BCUT2D eigenvalue weighted by molar-refractivity contribution is 9.10. The summed E-state index contributed by atoms with van der Waals surface area (Å²) in [6.07, 6.45) is 1.12. The fraction of sp³-hybridized carbons (Fsp3) is 0.417. The van der Waals surface area contributed by atoms with E-state index in [9.17, 15) is 17.6 Å². The van der Waals surface area contributed by atoms with Gasteiger partial charge in [-0.15, -0.1) is 0 Å². The summed E-state index contributed by atoms with van der Waals surface area (Å²) in [5.41, 5.74) is -0.0776. The summed E-state index contributed by atoms with van der Waals surface area (Å²) in [6, 6.07) is 3.70. The van der Waals surface area contributed by atoms with E-state index >= 15 is 0 Å². The molecule has 1 atom stereocenters. The predicted molar refractivity (Wildman–Crippen MR) is 73.2 cm³/mol. The zero-order valence-corrected chi connectivity index (χ0v) is 12.4. The highest BCUT2D eigenvalue weighted by Crippen LogP contribution is 2.17. The summed E-state index contributed by atoms with van der Waals surface area (Å²) >= 11 is 3.11. The minimum Gasteiger partial charge on any atom is -0.348 e. The first-order chi connectivity index (χ1) is 8.87. The quantitative estimate of drug-likeness (QED) is 0.886. The Morgan fingerprint density at radius 2 is 2.16 bits per heavy atom. The van der Waals surface area contributed by atoms with E-state index in [2.05, 4.69) is 21.2 Å². The van der Waals surface area contributed by atoms with E-state index in [1.165, 1.54) is 12.1 Å². The second-order valence-electron chi connectivity index (χ2n) is 4.55. The molecule has 0 aliphatic carbocycles. The maximum absolute atomic E-state index is 13.6. The van der Waals surface area contributed by atoms with Gasteiger partial charge in [0.25, 0.3) is 5.91 Å². The van der Waals surface area contributed by atoms with Crippen molar-refractivity contribution in [3.05, 3.63) is 34.1 Å². The second-order valence-corrected chi connectivity index (χ2v) is 7.70. The average Bonchev–Trinajstić information content (AvgIpc) is 2.27. The van der Waals surface area contributed by atoms with E-state index in [0.717, 1.165) is 0 Å². The Morgan fingerprint density at radius 1 is 1.42 bits per heavy atom. The Bertz CT molecular complexity index is 603. The van der Waals surface area contributed by atoms with Gasteiger partial charge in [0.05, 0.1) is 17.1 Å². The van der Waals surface area contributed by atoms with Gasteiger partial charge in [-0.1, -0.05) is 15.9 Å². The molecule has 2 rings (SSSR count). The van der Waals surface area contributed by atoms with Crippen molar-refractivity contribution < 1.29 is 17.6 Å². The number of hydrogen-bond donors (Lipinski definition) is 1. The Labute approximate surface area is 119 Å². The number of carbonyl (C=O) groups is 1. The van der Waals surface area contributed by atoms with Crippen molar-refractivity contribution in [2.75, 3.05) is 11.5 Å². The van der Waals surface area contributed by atoms with E-state index in [-0.39, 0.29) is 17.1 Å². The molecule has 1 aliphatic heterocycles. The first-order valence-corrected chi connectivity index (χ1v) is 8.45. The summed E-state index contributed by atoms with van der Waals surface area (Å²) in [4.78, 5) is 11.9. The first-order valence-electron chi connectivity index (χ1n) is 5.84. The summed E-state index contributed by atoms with van der Waals surface area (Å²) in [6.45, 7) is 0. The molecule has 1 aliphatic rings. The lowest BCUT2D eigenvalue weighted by Gasteiger charge is -2.23. The molecule has 1 aromatic carbocycles. The van der Waals surface area contributed by atoms with Crippen molar-refractivity contribution in [2.24, 2.45) is 0 Å². The smallest absolute Gasteiger partial charge is 0.254 e. The number of carbonyl (C=O) groups excluding carboxylic acids is 1. The molecule has 0 spiro atoms. The summed E-state index contributed by atoms with van der Waals surface area (Å²) in [5.74, 6) is -1.12. The maximum Gasteiger partial charge on any atom is 0.254 e. The van der Waals surface area contributed by atoms with Crippen LogP contribution < -0.4 is 5.32 Å². The van der Waals surface area contributed by atoms with Crippen molar-refractivity contribution in [1.29, 1.82) is 0 Å². The van der Waals surface area contributed by atoms with E-state index in [1.54, 1.807) is 6.07 Å². The Hall–Kier alpha value is -0.950. The molecule has 0 saturated carbocycles.